The van der Waals surface area contributed by atoms with Crippen LogP contribution in [0.3, 0.4) is 0 Å². The molecule has 1 aliphatic rings. The number of hydrogen-bond acceptors (Lipinski definition) is 2. The van der Waals surface area contributed by atoms with Crippen molar-refractivity contribution in [2.45, 2.75) is 26.3 Å². The van der Waals surface area contributed by atoms with Gasteiger partial charge in [-0.25, -0.2) is 0 Å². The minimum atomic E-state index is -0.258. The Balaban J connectivity index is 2.24. The summed E-state index contributed by atoms with van der Waals surface area (Å²) in [7, 11) is 0. The third-order valence-electron chi connectivity index (χ3n) is 2.58. The fourth-order valence-electron chi connectivity index (χ4n) is 1.55. The molecule has 0 aromatic heterocycles. The summed E-state index contributed by atoms with van der Waals surface area (Å²) >= 11 is 0. The number of nitrogens with zero attached hydrogens (tertiary/aromatic N) is 1. The minimum absolute atomic E-state index is 0.0235. The van der Waals surface area contributed by atoms with Gasteiger partial charge in [0.15, 0.2) is 0 Å². The SMILES string of the molecule is CCc1ccc(C2=NC(C)C(=O)N2)cc1. The van der Waals surface area contributed by atoms with Gasteiger partial charge in [-0.05, 0) is 18.9 Å². The second kappa shape index (κ2) is 3.85. The maximum atomic E-state index is 11.3. The van der Waals surface area contributed by atoms with Crippen molar-refractivity contribution in [3.63, 3.8) is 0 Å². The van der Waals surface area contributed by atoms with Crippen LogP contribution >= 0.6 is 0 Å². The average Bonchev–Trinajstić information content (AvgIpc) is 2.59. The lowest BCUT2D eigenvalue weighted by Gasteiger charge is -2.02. The number of carbonyl (C=O) groups is 1. The van der Waals surface area contributed by atoms with E-state index in [1.165, 1.54) is 5.56 Å². The third-order valence-corrected chi connectivity index (χ3v) is 2.58. The number of amidine groups is 1. The first-order valence-electron chi connectivity index (χ1n) is 5.18. The summed E-state index contributed by atoms with van der Waals surface area (Å²) in [6, 6.07) is 7.86. The highest BCUT2D eigenvalue weighted by Crippen LogP contribution is 2.09. The van der Waals surface area contributed by atoms with Crippen molar-refractivity contribution < 1.29 is 4.79 Å². The van der Waals surface area contributed by atoms with Crippen LogP contribution in [0, 0.1) is 0 Å². The van der Waals surface area contributed by atoms with Crippen LogP contribution in [0.15, 0.2) is 29.3 Å². The highest BCUT2D eigenvalue weighted by Gasteiger charge is 2.22. The van der Waals surface area contributed by atoms with Gasteiger partial charge in [-0.15, -0.1) is 0 Å². The van der Waals surface area contributed by atoms with Crippen LogP contribution in [-0.4, -0.2) is 17.8 Å². The number of aliphatic imine (C=N–C) groups is 1. The number of benzene rings is 1. The number of aryl methyl sites for hydroxylation is 1. The van der Waals surface area contributed by atoms with E-state index in [2.05, 4.69) is 29.4 Å². The largest absolute Gasteiger partial charge is 0.309 e. The number of rotatable bonds is 2. The molecule has 15 heavy (non-hydrogen) atoms. The fourth-order valence-corrected chi connectivity index (χ4v) is 1.55. The van der Waals surface area contributed by atoms with Gasteiger partial charge in [-0.1, -0.05) is 31.2 Å². The lowest BCUT2D eigenvalue weighted by Crippen LogP contribution is -2.27. The van der Waals surface area contributed by atoms with E-state index in [1.807, 2.05) is 12.1 Å². The monoisotopic (exact) mass is 202 g/mol. The van der Waals surface area contributed by atoms with Gasteiger partial charge < -0.3 is 5.32 Å². The lowest BCUT2D eigenvalue weighted by molar-refractivity contribution is -0.119. The third kappa shape index (κ3) is 1.91. The first-order valence-corrected chi connectivity index (χ1v) is 5.18. The Bertz CT molecular complexity index is 406. The summed E-state index contributed by atoms with van der Waals surface area (Å²) in [5, 5.41) is 2.77. The van der Waals surface area contributed by atoms with Crippen LogP contribution < -0.4 is 5.32 Å². The predicted molar refractivity (Wildman–Crippen MR) is 60.0 cm³/mol. The maximum Gasteiger partial charge on any atom is 0.250 e. The Morgan fingerprint density at radius 2 is 2.00 bits per heavy atom. The standard InChI is InChI=1S/C12H14N2O/c1-3-9-4-6-10(7-5-9)11-13-8(2)12(15)14-11/h4-8H,3H2,1-2H3,(H,13,14,15). The minimum Gasteiger partial charge on any atom is -0.309 e. The van der Waals surface area contributed by atoms with E-state index in [0.29, 0.717) is 5.84 Å². The molecule has 0 aliphatic carbocycles. The quantitative estimate of drug-likeness (QED) is 0.776. The number of nitrogens with one attached hydrogen (secondary N) is 1. The Hall–Kier alpha value is -1.64. The van der Waals surface area contributed by atoms with Crippen molar-refractivity contribution in [1.29, 1.82) is 0 Å². The summed E-state index contributed by atoms with van der Waals surface area (Å²) in [5.41, 5.74) is 2.27. The topological polar surface area (TPSA) is 41.5 Å². The molecule has 3 nitrogen and oxygen atoms in total. The second-order valence-corrected chi connectivity index (χ2v) is 3.69. The molecule has 1 N–H and O–H groups in total. The summed E-state index contributed by atoms with van der Waals surface area (Å²) in [4.78, 5) is 15.5. The van der Waals surface area contributed by atoms with Gasteiger partial charge in [0.1, 0.15) is 11.9 Å². The Labute approximate surface area is 89.2 Å². The van der Waals surface area contributed by atoms with Gasteiger partial charge in [0.05, 0.1) is 0 Å². The molecule has 1 aliphatic heterocycles. The summed E-state index contributed by atoms with van der Waals surface area (Å²) in [6.45, 7) is 3.91. The summed E-state index contributed by atoms with van der Waals surface area (Å²) in [6.07, 6.45) is 1.02. The molecule has 3 heteroatoms. The molecule has 78 valence electrons. The molecule has 1 amide bonds. The summed E-state index contributed by atoms with van der Waals surface area (Å²) < 4.78 is 0. The second-order valence-electron chi connectivity index (χ2n) is 3.69. The Morgan fingerprint density at radius 1 is 1.33 bits per heavy atom. The normalized spacial score (nSPS) is 20.0. The van der Waals surface area contributed by atoms with Crippen molar-refractivity contribution in [2.75, 3.05) is 0 Å². The van der Waals surface area contributed by atoms with E-state index in [9.17, 15) is 4.79 Å². The van der Waals surface area contributed by atoms with E-state index < -0.39 is 0 Å². The molecule has 0 radical (unpaired) electrons. The zero-order valence-corrected chi connectivity index (χ0v) is 8.95. The van der Waals surface area contributed by atoms with Crippen molar-refractivity contribution in [1.82, 2.24) is 5.32 Å². The molecule has 0 saturated carbocycles. The van der Waals surface area contributed by atoms with Crippen molar-refractivity contribution in [3.8, 4) is 0 Å². The molecule has 1 aromatic rings. The van der Waals surface area contributed by atoms with E-state index in [4.69, 9.17) is 0 Å². The first kappa shape index (κ1) is 9.90. The van der Waals surface area contributed by atoms with Crippen LogP contribution in [0.2, 0.25) is 0 Å². The number of amides is 1. The van der Waals surface area contributed by atoms with Gasteiger partial charge in [0.2, 0.25) is 5.91 Å². The molecule has 0 saturated heterocycles. The molecular weight excluding hydrogens is 188 g/mol. The highest BCUT2D eigenvalue weighted by molar-refractivity contribution is 6.13. The van der Waals surface area contributed by atoms with Gasteiger partial charge in [0.25, 0.3) is 0 Å². The van der Waals surface area contributed by atoms with E-state index >= 15 is 0 Å². The molecule has 0 fully saturated rings. The van der Waals surface area contributed by atoms with Crippen molar-refractivity contribution >= 4 is 11.7 Å². The Morgan fingerprint density at radius 3 is 2.47 bits per heavy atom. The number of carbonyl (C=O) groups excluding carboxylic acids is 1. The maximum absolute atomic E-state index is 11.3. The van der Waals surface area contributed by atoms with Gasteiger partial charge in [-0.2, -0.15) is 0 Å². The molecule has 1 unspecified atom stereocenters. The smallest absolute Gasteiger partial charge is 0.250 e. The zero-order valence-electron chi connectivity index (χ0n) is 8.95. The van der Waals surface area contributed by atoms with Crippen molar-refractivity contribution in [2.24, 2.45) is 4.99 Å². The van der Waals surface area contributed by atoms with Crippen molar-refractivity contribution in [3.05, 3.63) is 35.4 Å². The number of hydrogen-bond donors (Lipinski definition) is 1. The molecule has 1 atom stereocenters. The average molecular weight is 202 g/mol. The lowest BCUT2D eigenvalue weighted by atomic mass is 10.1. The first-order chi connectivity index (χ1) is 7.20. The molecule has 0 bridgehead atoms. The van der Waals surface area contributed by atoms with E-state index in [1.54, 1.807) is 6.92 Å². The van der Waals surface area contributed by atoms with Crippen LogP contribution in [0.25, 0.3) is 0 Å². The van der Waals surface area contributed by atoms with Crippen LogP contribution in [-0.2, 0) is 11.2 Å². The van der Waals surface area contributed by atoms with E-state index in [-0.39, 0.29) is 11.9 Å². The van der Waals surface area contributed by atoms with Gasteiger partial charge in [0, 0.05) is 5.56 Å². The molecular formula is C12H14N2O. The van der Waals surface area contributed by atoms with Crippen LogP contribution in [0.4, 0.5) is 0 Å². The molecule has 0 spiro atoms. The fraction of sp³-hybridized carbons (Fsp3) is 0.333. The van der Waals surface area contributed by atoms with Gasteiger partial charge in [-0.3, -0.25) is 9.79 Å². The van der Waals surface area contributed by atoms with Crippen LogP contribution in [0.1, 0.15) is 25.0 Å². The van der Waals surface area contributed by atoms with E-state index in [0.717, 1.165) is 12.0 Å². The summed E-state index contributed by atoms with van der Waals surface area (Å²) in [5.74, 6) is 0.666. The molecule has 2 rings (SSSR count). The molecule has 1 heterocycles. The highest BCUT2D eigenvalue weighted by atomic mass is 16.2. The predicted octanol–water partition coefficient (Wildman–Crippen LogP) is 1.51. The molecule has 1 aromatic carbocycles. The van der Waals surface area contributed by atoms with Crippen LogP contribution in [0.5, 0.6) is 0 Å². The zero-order chi connectivity index (χ0) is 10.8. The van der Waals surface area contributed by atoms with Gasteiger partial charge >= 0.3 is 0 Å². The Kier molecular flexibility index (Phi) is 2.54.